The number of hydrogen-bond donors (Lipinski definition) is 0. The van der Waals surface area contributed by atoms with Crippen LogP contribution in [-0.4, -0.2) is 37.9 Å². The Balaban J connectivity index is 4.28. The molecule has 5 heteroatoms. The van der Waals surface area contributed by atoms with Crippen molar-refractivity contribution in [1.82, 2.24) is 0 Å². The van der Waals surface area contributed by atoms with Gasteiger partial charge in [-0.1, -0.05) is 204 Å². The smallest absolute Gasteiger partial charge is 0.306 e. The van der Waals surface area contributed by atoms with Crippen LogP contribution in [0.4, 0.5) is 0 Å². The van der Waals surface area contributed by atoms with E-state index in [1.807, 2.05) is 0 Å². The number of hydrogen-bond acceptors (Lipinski definition) is 5. The minimum absolute atomic E-state index is 0.0674. The predicted octanol–water partition coefficient (Wildman–Crippen LogP) is 16.6. The zero-order valence-electron chi connectivity index (χ0n) is 38.6. The Bertz CT molecular complexity index is 1010. The molecule has 0 fully saturated rings. The number of carbonyl (C=O) groups excluding carboxylic acids is 2. The quantitative estimate of drug-likeness (QED) is 0.0348. The standard InChI is InChI=1S/C53H94O5/c1-4-7-10-13-16-19-22-24-26-27-29-30-32-34-37-40-43-46-52(54)57-50-51(49-56-48-45-42-39-36-21-18-15-12-9-6-3)58-53(55)47-44-41-38-35-33-31-28-25-23-20-17-14-11-8-5-2/h8,11,17,20,24-26,28,33,35,51H,4-7,9-10,12-16,18-19,21-23,27,29-32,34,36-50H2,1-3H3/b11-8-,20-17-,26-24-,28-25-,35-33-. The minimum atomic E-state index is -0.556. The van der Waals surface area contributed by atoms with Gasteiger partial charge in [0.15, 0.2) is 6.10 Å². The fourth-order valence-corrected chi connectivity index (χ4v) is 6.85. The summed E-state index contributed by atoms with van der Waals surface area (Å²) >= 11 is 0. The Labute approximate surface area is 360 Å². The summed E-state index contributed by atoms with van der Waals surface area (Å²) in [5, 5.41) is 0. The maximum atomic E-state index is 12.7. The van der Waals surface area contributed by atoms with Crippen molar-refractivity contribution in [2.45, 2.75) is 245 Å². The van der Waals surface area contributed by atoms with E-state index in [1.165, 1.54) is 128 Å². The third-order valence-electron chi connectivity index (χ3n) is 10.5. The number of unbranched alkanes of at least 4 members (excludes halogenated alkanes) is 24. The highest BCUT2D eigenvalue weighted by atomic mass is 16.6. The van der Waals surface area contributed by atoms with Crippen LogP contribution in [0.1, 0.15) is 239 Å². The van der Waals surface area contributed by atoms with Crippen molar-refractivity contribution in [2.24, 2.45) is 0 Å². The zero-order valence-corrected chi connectivity index (χ0v) is 38.6. The summed E-state index contributed by atoms with van der Waals surface area (Å²) in [4.78, 5) is 25.3. The molecule has 0 aliphatic carbocycles. The van der Waals surface area contributed by atoms with Crippen molar-refractivity contribution in [3.63, 3.8) is 0 Å². The van der Waals surface area contributed by atoms with E-state index >= 15 is 0 Å². The second kappa shape index (κ2) is 49.0. The summed E-state index contributed by atoms with van der Waals surface area (Å²) in [6, 6.07) is 0. The van der Waals surface area contributed by atoms with E-state index in [0.29, 0.717) is 19.4 Å². The van der Waals surface area contributed by atoms with Crippen LogP contribution >= 0.6 is 0 Å². The molecule has 0 aromatic rings. The summed E-state index contributed by atoms with van der Waals surface area (Å²) in [5.74, 6) is -0.445. The number of ether oxygens (including phenoxy) is 3. The maximum Gasteiger partial charge on any atom is 0.306 e. The first-order chi connectivity index (χ1) is 28.6. The van der Waals surface area contributed by atoms with Crippen LogP contribution < -0.4 is 0 Å². The summed E-state index contributed by atoms with van der Waals surface area (Å²) in [6.07, 6.45) is 60.8. The van der Waals surface area contributed by atoms with Crippen molar-refractivity contribution in [1.29, 1.82) is 0 Å². The topological polar surface area (TPSA) is 61.8 Å². The van der Waals surface area contributed by atoms with Gasteiger partial charge >= 0.3 is 11.9 Å². The molecule has 0 saturated heterocycles. The number of carbonyl (C=O) groups is 2. The number of allylic oxidation sites excluding steroid dienone is 10. The van der Waals surface area contributed by atoms with Gasteiger partial charge in [-0.2, -0.15) is 0 Å². The molecule has 0 aromatic carbocycles. The molecule has 1 atom stereocenters. The highest BCUT2D eigenvalue weighted by molar-refractivity contribution is 5.70. The molecule has 0 radical (unpaired) electrons. The first-order valence-electron chi connectivity index (χ1n) is 24.8. The Kier molecular flexibility index (Phi) is 46.9. The number of rotatable bonds is 45. The van der Waals surface area contributed by atoms with Gasteiger partial charge < -0.3 is 14.2 Å². The third kappa shape index (κ3) is 46.3. The molecular weight excluding hydrogens is 717 g/mol. The van der Waals surface area contributed by atoms with Crippen LogP contribution in [0, 0.1) is 0 Å². The largest absolute Gasteiger partial charge is 0.462 e. The van der Waals surface area contributed by atoms with Gasteiger partial charge in [0.25, 0.3) is 0 Å². The van der Waals surface area contributed by atoms with Gasteiger partial charge in [0.2, 0.25) is 0 Å². The van der Waals surface area contributed by atoms with Gasteiger partial charge in [0, 0.05) is 19.4 Å². The van der Waals surface area contributed by atoms with Crippen molar-refractivity contribution in [3.05, 3.63) is 60.8 Å². The van der Waals surface area contributed by atoms with E-state index < -0.39 is 6.10 Å². The molecular formula is C53H94O5. The lowest BCUT2D eigenvalue weighted by Gasteiger charge is -2.18. The highest BCUT2D eigenvalue weighted by Crippen LogP contribution is 2.14. The molecule has 0 spiro atoms. The lowest BCUT2D eigenvalue weighted by Crippen LogP contribution is -2.30. The summed E-state index contributed by atoms with van der Waals surface area (Å²) in [7, 11) is 0. The summed E-state index contributed by atoms with van der Waals surface area (Å²) in [5.41, 5.74) is 0. The van der Waals surface area contributed by atoms with Crippen LogP contribution in [0.5, 0.6) is 0 Å². The molecule has 0 saturated carbocycles. The second-order valence-corrected chi connectivity index (χ2v) is 16.3. The van der Waals surface area contributed by atoms with Gasteiger partial charge in [0.1, 0.15) is 6.61 Å². The summed E-state index contributed by atoms with van der Waals surface area (Å²) < 4.78 is 17.3. The van der Waals surface area contributed by atoms with Crippen molar-refractivity contribution in [2.75, 3.05) is 19.8 Å². The Morgan fingerprint density at radius 2 is 0.776 bits per heavy atom. The van der Waals surface area contributed by atoms with Crippen LogP contribution in [-0.2, 0) is 23.8 Å². The van der Waals surface area contributed by atoms with E-state index in [2.05, 4.69) is 81.5 Å². The van der Waals surface area contributed by atoms with Gasteiger partial charge in [0.05, 0.1) is 6.61 Å². The van der Waals surface area contributed by atoms with Crippen molar-refractivity contribution < 1.29 is 23.8 Å². The molecule has 0 bridgehead atoms. The van der Waals surface area contributed by atoms with Gasteiger partial charge in [-0.3, -0.25) is 9.59 Å². The molecule has 0 heterocycles. The SMILES string of the molecule is CC/C=C\C/C=C\C/C=C\C/C=C\CCCCC(=O)OC(COCCCCCCCCCCCC)COC(=O)CCCCCCCCC/C=C\CCCCCCCC. The molecule has 336 valence electrons. The van der Waals surface area contributed by atoms with Gasteiger partial charge in [-0.15, -0.1) is 0 Å². The molecule has 1 unspecified atom stereocenters. The average Bonchev–Trinajstić information content (AvgIpc) is 3.22. The van der Waals surface area contributed by atoms with Crippen LogP contribution in [0.15, 0.2) is 60.8 Å². The Hall–Kier alpha value is -2.40. The summed E-state index contributed by atoms with van der Waals surface area (Å²) in [6.45, 7) is 7.67. The third-order valence-corrected chi connectivity index (χ3v) is 10.5. The average molecular weight is 811 g/mol. The first kappa shape index (κ1) is 55.6. The molecule has 0 aromatic heterocycles. The lowest BCUT2D eigenvalue weighted by molar-refractivity contribution is -0.163. The zero-order chi connectivity index (χ0) is 42.1. The van der Waals surface area contributed by atoms with Crippen LogP contribution in [0.3, 0.4) is 0 Å². The molecule has 0 N–H and O–H groups in total. The number of esters is 2. The normalized spacial score (nSPS) is 12.7. The molecule has 0 amide bonds. The van der Waals surface area contributed by atoms with Crippen LogP contribution in [0.2, 0.25) is 0 Å². The van der Waals surface area contributed by atoms with E-state index in [0.717, 1.165) is 77.0 Å². The fourth-order valence-electron chi connectivity index (χ4n) is 6.85. The van der Waals surface area contributed by atoms with Crippen molar-refractivity contribution in [3.8, 4) is 0 Å². The van der Waals surface area contributed by atoms with E-state index in [9.17, 15) is 9.59 Å². The molecule has 0 aliphatic rings. The molecule has 58 heavy (non-hydrogen) atoms. The Morgan fingerprint density at radius 3 is 1.29 bits per heavy atom. The maximum absolute atomic E-state index is 12.7. The minimum Gasteiger partial charge on any atom is -0.462 e. The van der Waals surface area contributed by atoms with Crippen LogP contribution in [0.25, 0.3) is 0 Å². The first-order valence-corrected chi connectivity index (χ1v) is 24.8. The monoisotopic (exact) mass is 811 g/mol. The molecule has 0 aliphatic heterocycles. The van der Waals surface area contributed by atoms with Gasteiger partial charge in [-0.05, 0) is 83.5 Å². The van der Waals surface area contributed by atoms with E-state index in [-0.39, 0.29) is 25.2 Å². The lowest BCUT2D eigenvalue weighted by atomic mass is 10.1. The second-order valence-electron chi connectivity index (χ2n) is 16.3. The molecule has 5 nitrogen and oxygen atoms in total. The Morgan fingerprint density at radius 1 is 0.397 bits per heavy atom. The van der Waals surface area contributed by atoms with E-state index in [1.54, 1.807) is 0 Å². The highest BCUT2D eigenvalue weighted by Gasteiger charge is 2.17. The fraction of sp³-hybridized carbons (Fsp3) is 0.774. The molecule has 0 rings (SSSR count). The predicted molar refractivity (Wildman–Crippen MR) is 251 cm³/mol. The van der Waals surface area contributed by atoms with Crippen molar-refractivity contribution >= 4 is 11.9 Å². The van der Waals surface area contributed by atoms with Gasteiger partial charge in [-0.25, -0.2) is 0 Å². The van der Waals surface area contributed by atoms with E-state index in [4.69, 9.17) is 14.2 Å².